The van der Waals surface area contributed by atoms with Gasteiger partial charge in [0.15, 0.2) is 5.78 Å². The zero-order chi connectivity index (χ0) is 31.6. The molecule has 1 amide bonds. The number of rotatable bonds is 15. The van der Waals surface area contributed by atoms with Gasteiger partial charge in [-0.2, -0.15) is 0 Å². The van der Waals surface area contributed by atoms with Crippen LogP contribution in [-0.4, -0.2) is 47.5 Å². The van der Waals surface area contributed by atoms with Crippen LogP contribution < -0.4 is 4.74 Å². The molecule has 2 aromatic rings. The van der Waals surface area contributed by atoms with Gasteiger partial charge >= 0.3 is 5.97 Å². The lowest BCUT2D eigenvalue weighted by Gasteiger charge is -2.36. The van der Waals surface area contributed by atoms with Crippen molar-refractivity contribution in [3.05, 3.63) is 64.7 Å². The second kappa shape index (κ2) is 15.8. The fourth-order valence-electron chi connectivity index (χ4n) is 5.18. The first-order chi connectivity index (χ1) is 20.5. The topological polar surface area (TPSA) is 90.0 Å². The summed E-state index contributed by atoms with van der Waals surface area (Å²) >= 11 is 0. The maximum Gasteiger partial charge on any atom is 0.329 e. The molecule has 1 fully saturated rings. The summed E-state index contributed by atoms with van der Waals surface area (Å²) in [4.78, 5) is 53.7. The number of ketones is 2. The van der Waals surface area contributed by atoms with E-state index in [1.165, 1.54) is 16.0 Å². The predicted molar refractivity (Wildman–Crippen MR) is 168 cm³/mol. The molecule has 0 aliphatic carbocycles. The van der Waals surface area contributed by atoms with E-state index >= 15 is 0 Å². The van der Waals surface area contributed by atoms with E-state index in [9.17, 15) is 19.2 Å². The molecule has 0 unspecified atom stereocenters. The van der Waals surface area contributed by atoms with Crippen molar-refractivity contribution in [3.63, 3.8) is 0 Å². The van der Waals surface area contributed by atoms with Gasteiger partial charge in [0.25, 0.3) is 5.91 Å². The Morgan fingerprint density at radius 2 is 1.77 bits per heavy atom. The molecule has 0 aromatic heterocycles. The highest BCUT2D eigenvalue weighted by Gasteiger charge is 2.41. The number of aryl methyl sites for hydroxylation is 3. The van der Waals surface area contributed by atoms with Crippen LogP contribution in [0, 0.1) is 19.3 Å². The van der Waals surface area contributed by atoms with Gasteiger partial charge in [-0.1, -0.05) is 64.4 Å². The Hall–Kier alpha value is -3.48. The number of likely N-dealkylation sites (tertiary alicyclic amines) is 1. The molecule has 7 nitrogen and oxygen atoms in total. The summed E-state index contributed by atoms with van der Waals surface area (Å²) in [5, 5.41) is 0. The fourth-order valence-corrected chi connectivity index (χ4v) is 5.18. The molecule has 1 aliphatic heterocycles. The Balaban J connectivity index is 1.83. The number of hydrogen-bond acceptors (Lipinski definition) is 6. The molecule has 1 heterocycles. The van der Waals surface area contributed by atoms with Crippen LogP contribution in [0.15, 0.2) is 42.5 Å². The fraction of sp³-hybridized carbons (Fsp3) is 0.556. The molecule has 3 rings (SSSR count). The molecule has 0 spiro atoms. The van der Waals surface area contributed by atoms with Crippen molar-refractivity contribution in [2.24, 2.45) is 5.41 Å². The Morgan fingerprint density at radius 3 is 2.47 bits per heavy atom. The molecule has 43 heavy (non-hydrogen) atoms. The second-order valence-corrected chi connectivity index (χ2v) is 12.5. The monoisotopic (exact) mass is 591 g/mol. The first-order valence-electron chi connectivity index (χ1n) is 15.8. The van der Waals surface area contributed by atoms with Gasteiger partial charge < -0.3 is 14.4 Å². The zero-order valence-corrected chi connectivity index (χ0v) is 26.9. The second-order valence-electron chi connectivity index (χ2n) is 12.5. The molecule has 0 saturated carbocycles. The quantitative estimate of drug-likeness (QED) is 0.163. The van der Waals surface area contributed by atoms with Gasteiger partial charge in [0, 0.05) is 18.4 Å². The summed E-state index contributed by atoms with van der Waals surface area (Å²) in [5.41, 5.74) is 3.52. The van der Waals surface area contributed by atoms with Crippen LogP contribution in [0.2, 0.25) is 0 Å². The van der Waals surface area contributed by atoms with Gasteiger partial charge in [-0.05, 0) is 93.2 Å². The van der Waals surface area contributed by atoms with E-state index in [-0.39, 0.29) is 12.4 Å². The van der Waals surface area contributed by atoms with E-state index in [1.807, 2.05) is 32.0 Å². The third-order valence-corrected chi connectivity index (χ3v) is 8.69. The van der Waals surface area contributed by atoms with Crippen molar-refractivity contribution in [2.75, 3.05) is 13.2 Å². The summed E-state index contributed by atoms with van der Waals surface area (Å²) in [7, 11) is 0. The van der Waals surface area contributed by atoms with Crippen molar-refractivity contribution in [2.45, 2.75) is 111 Å². The normalized spacial score (nSPS) is 16.0. The molecule has 2 aromatic carbocycles. The molecular weight excluding hydrogens is 542 g/mol. The van der Waals surface area contributed by atoms with Crippen molar-refractivity contribution >= 4 is 23.4 Å². The molecule has 2 atom stereocenters. The number of hydrogen-bond donors (Lipinski definition) is 0. The number of benzene rings is 2. The number of esters is 1. The van der Waals surface area contributed by atoms with Crippen molar-refractivity contribution in [1.29, 1.82) is 0 Å². The van der Waals surface area contributed by atoms with E-state index in [1.54, 1.807) is 19.9 Å². The third-order valence-electron chi connectivity index (χ3n) is 8.69. The van der Waals surface area contributed by atoms with Crippen LogP contribution in [0.5, 0.6) is 5.75 Å². The van der Waals surface area contributed by atoms with E-state index in [2.05, 4.69) is 32.0 Å². The summed E-state index contributed by atoms with van der Waals surface area (Å²) in [6.07, 6.45) is 5.37. The average molecular weight is 592 g/mol. The van der Waals surface area contributed by atoms with E-state index in [0.29, 0.717) is 44.4 Å². The first kappa shape index (κ1) is 34.0. The Labute approximate surface area is 257 Å². The minimum absolute atomic E-state index is 0.00215. The number of piperidine rings is 1. The van der Waals surface area contributed by atoms with Gasteiger partial charge in [-0.15, -0.1) is 0 Å². The first-order valence-corrected chi connectivity index (χ1v) is 15.8. The summed E-state index contributed by atoms with van der Waals surface area (Å²) in [6.45, 7) is 12.0. The smallest absolute Gasteiger partial charge is 0.329 e. The van der Waals surface area contributed by atoms with E-state index < -0.39 is 35.2 Å². The van der Waals surface area contributed by atoms with Crippen molar-refractivity contribution in [3.8, 4) is 5.75 Å². The van der Waals surface area contributed by atoms with Crippen LogP contribution in [0.1, 0.15) is 107 Å². The summed E-state index contributed by atoms with van der Waals surface area (Å²) in [5.74, 6) is -0.992. The molecule has 0 bridgehead atoms. The van der Waals surface area contributed by atoms with Crippen molar-refractivity contribution in [1.82, 2.24) is 4.90 Å². The number of carbonyl (C=O) groups excluding carboxylic acids is 4. The van der Waals surface area contributed by atoms with Gasteiger partial charge in [0.05, 0.1) is 0 Å². The summed E-state index contributed by atoms with van der Waals surface area (Å²) in [6, 6.07) is 12.9. The number of nitrogens with zero attached hydrogens (tertiary/aromatic N) is 1. The lowest BCUT2D eigenvalue weighted by molar-refractivity contribution is -0.164. The number of carbonyl (C=O) groups is 4. The molecule has 1 aliphatic rings. The van der Waals surface area contributed by atoms with Gasteiger partial charge in [0.2, 0.25) is 5.78 Å². The summed E-state index contributed by atoms with van der Waals surface area (Å²) < 4.78 is 12.0. The van der Waals surface area contributed by atoms with Crippen LogP contribution in [0.3, 0.4) is 0 Å². The third kappa shape index (κ3) is 9.50. The highest BCUT2D eigenvalue weighted by Crippen LogP contribution is 2.30. The van der Waals surface area contributed by atoms with E-state index in [4.69, 9.17) is 9.47 Å². The molecule has 1 saturated heterocycles. The molecule has 0 radical (unpaired) electrons. The Bertz CT molecular complexity index is 1280. The van der Waals surface area contributed by atoms with E-state index in [0.717, 1.165) is 36.8 Å². The molecular formula is C36H49NO6. The van der Waals surface area contributed by atoms with Crippen LogP contribution in [0.25, 0.3) is 0 Å². The maximum absolute atomic E-state index is 13.7. The lowest BCUT2D eigenvalue weighted by Crippen LogP contribution is -2.53. The minimum atomic E-state index is -0.808. The number of amides is 1. The molecule has 7 heteroatoms. The number of Topliss-reactive ketones (excluding diaryl/α,β-unsaturated/α-hetero) is 2. The molecule has 234 valence electrons. The SMILES string of the molecule is CCCCC(=O)COc1cccc([C@@H](CCc2ccc(C)c(C)c2)OC(=O)[C@@H]2CCCCN2C(=O)C(=O)C(C)(C)CC)c1. The average Bonchev–Trinajstić information content (AvgIpc) is 3.01. The zero-order valence-electron chi connectivity index (χ0n) is 26.9. The largest absolute Gasteiger partial charge is 0.486 e. The van der Waals surface area contributed by atoms with Crippen LogP contribution in [-0.2, 0) is 30.3 Å². The Morgan fingerprint density at radius 1 is 1.00 bits per heavy atom. The molecule has 0 N–H and O–H groups in total. The lowest BCUT2D eigenvalue weighted by atomic mass is 9.84. The van der Waals surface area contributed by atoms with Gasteiger partial charge in [-0.25, -0.2) is 4.79 Å². The minimum Gasteiger partial charge on any atom is -0.486 e. The number of ether oxygens (including phenoxy) is 2. The van der Waals surface area contributed by atoms with Crippen LogP contribution >= 0.6 is 0 Å². The highest BCUT2D eigenvalue weighted by molar-refractivity contribution is 6.38. The Kier molecular flexibility index (Phi) is 12.5. The maximum atomic E-state index is 13.7. The van der Waals surface area contributed by atoms with Gasteiger partial charge in [-0.3, -0.25) is 14.4 Å². The van der Waals surface area contributed by atoms with Gasteiger partial charge in [0.1, 0.15) is 24.5 Å². The van der Waals surface area contributed by atoms with Crippen LogP contribution in [0.4, 0.5) is 0 Å². The number of unbranched alkanes of at least 4 members (excludes halogenated alkanes) is 1. The predicted octanol–water partition coefficient (Wildman–Crippen LogP) is 7.05. The highest BCUT2D eigenvalue weighted by atomic mass is 16.5. The standard InChI is InChI=1S/C36H49NO6/c1-7-9-14-29(38)24-42-30-15-12-13-28(23-30)32(20-19-27-18-17-25(3)26(4)22-27)43-35(41)31-16-10-11-21-37(31)34(40)33(39)36(5,6)8-2/h12-13,15,17-18,22-23,31-32H,7-11,14,16,19-21,24H2,1-6H3/t31-,32+/m0/s1. The van der Waals surface area contributed by atoms with Crippen molar-refractivity contribution < 1.29 is 28.7 Å².